The molecular weight excluding hydrogens is 279 g/mol. The van der Waals surface area contributed by atoms with Crippen LogP contribution < -0.4 is 5.32 Å². The molecule has 1 aromatic heterocycles. The molecule has 2 rings (SSSR count). The van der Waals surface area contributed by atoms with Crippen LogP contribution in [-0.2, 0) is 6.18 Å². The number of nitrogens with one attached hydrogen (secondary N) is 1. The number of likely N-dealkylation sites (tertiary alicyclic amines) is 1. The highest BCUT2D eigenvalue weighted by molar-refractivity contribution is 6.29. The van der Waals surface area contributed by atoms with Crippen molar-refractivity contribution >= 4 is 17.4 Å². The van der Waals surface area contributed by atoms with Crippen molar-refractivity contribution in [2.75, 3.05) is 25.5 Å². The second-order valence-corrected chi connectivity index (χ2v) is 5.17. The van der Waals surface area contributed by atoms with Gasteiger partial charge in [-0.1, -0.05) is 11.6 Å². The van der Waals surface area contributed by atoms with Gasteiger partial charge in [-0.3, -0.25) is 0 Å². The van der Waals surface area contributed by atoms with Crippen molar-refractivity contribution in [1.29, 1.82) is 0 Å². The van der Waals surface area contributed by atoms with Crippen molar-refractivity contribution in [1.82, 2.24) is 9.88 Å². The summed E-state index contributed by atoms with van der Waals surface area (Å²) in [6.07, 6.45) is -2.64. The maximum Gasteiger partial charge on any atom is 0.416 e. The van der Waals surface area contributed by atoms with Gasteiger partial charge in [-0.15, -0.1) is 0 Å². The van der Waals surface area contributed by atoms with E-state index in [9.17, 15) is 13.2 Å². The first-order valence-corrected chi connectivity index (χ1v) is 6.42. The van der Waals surface area contributed by atoms with Crippen molar-refractivity contribution in [3.05, 3.63) is 22.8 Å². The van der Waals surface area contributed by atoms with Crippen LogP contribution in [0.5, 0.6) is 0 Å². The third-order valence-corrected chi connectivity index (χ3v) is 3.39. The second kappa shape index (κ2) is 5.54. The fraction of sp³-hybridized carbons (Fsp3) is 0.583. The van der Waals surface area contributed by atoms with E-state index in [2.05, 4.69) is 15.2 Å². The molecule has 3 nitrogen and oxygen atoms in total. The predicted molar refractivity (Wildman–Crippen MR) is 68.4 cm³/mol. The fourth-order valence-corrected chi connectivity index (χ4v) is 2.31. The van der Waals surface area contributed by atoms with E-state index in [0.717, 1.165) is 38.1 Å². The zero-order valence-corrected chi connectivity index (χ0v) is 11.2. The number of alkyl halides is 3. The SMILES string of the molecule is CN1CCC(Nc2cc(C(F)(F)F)cc(Cl)n2)CC1. The van der Waals surface area contributed by atoms with E-state index < -0.39 is 11.7 Å². The standard InChI is InChI=1S/C12H15ClF3N3/c1-19-4-2-9(3-5-19)17-11-7-8(12(14,15)16)6-10(13)18-11/h6-7,9H,2-5H2,1H3,(H,17,18). The molecule has 7 heteroatoms. The smallest absolute Gasteiger partial charge is 0.367 e. The van der Waals surface area contributed by atoms with Gasteiger partial charge in [0.2, 0.25) is 0 Å². The van der Waals surface area contributed by atoms with Crippen LogP contribution in [0.3, 0.4) is 0 Å². The zero-order valence-electron chi connectivity index (χ0n) is 10.5. The molecular formula is C12H15ClF3N3. The van der Waals surface area contributed by atoms with Gasteiger partial charge >= 0.3 is 6.18 Å². The Bertz CT molecular complexity index is 442. The molecule has 0 atom stereocenters. The lowest BCUT2D eigenvalue weighted by atomic mass is 10.1. The topological polar surface area (TPSA) is 28.2 Å². The quantitative estimate of drug-likeness (QED) is 0.848. The number of pyridine rings is 1. The zero-order chi connectivity index (χ0) is 14.0. The maximum absolute atomic E-state index is 12.7. The summed E-state index contributed by atoms with van der Waals surface area (Å²) < 4.78 is 38.0. The molecule has 19 heavy (non-hydrogen) atoms. The summed E-state index contributed by atoms with van der Waals surface area (Å²) in [5.41, 5.74) is -0.775. The minimum absolute atomic E-state index is 0.142. The van der Waals surface area contributed by atoms with E-state index in [4.69, 9.17) is 11.6 Å². The van der Waals surface area contributed by atoms with Crippen LogP contribution in [-0.4, -0.2) is 36.1 Å². The van der Waals surface area contributed by atoms with Crippen molar-refractivity contribution in [3.63, 3.8) is 0 Å². The van der Waals surface area contributed by atoms with Crippen LogP contribution in [0.25, 0.3) is 0 Å². The van der Waals surface area contributed by atoms with Crippen LogP contribution in [0, 0.1) is 0 Å². The normalized spacial score (nSPS) is 18.6. The Morgan fingerprint density at radius 1 is 1.32 bits per heavy atom. The first-order chi connectivity index (χ1) is 8.84. The Morgan fingerprint density at radius 3 is 2.53 bits per heavy atom. The predicted octanol–water partition coefficient (Wildman–Crippen LogP) is 3.26. The average Bonchev–Trinajstić information content (AvgIpc) is 2.30. The van der Waals surface area contributed by atoms with E-state index in [1.54, 1.807) is 0 Å². The average molecular weight is 294 g/mol. The molecule has 1 aliphatic heterocycles. The highest BCUT2D eigenvalue weighted by atomic mass is 35.5. The molecule has 1 fully saturated rings. The molecule has 106 valence electrons. The lowest BCUT2D eigenvalue weighted by Crippen LogP contribution is -2.36. The summed E-state index contributed by atoms with van der Waals surface area (Å²) in [6.45, 7) is 1.84. The van der Waals surface area contributed by atoms with Gasteiger partial charge < -0.3 is 10.2 Å². The number of rotatable bonds is 2. The summed E-state index contributed by atoms with van der Waals surface area (Å²) in [4.78, 5) is 6.09. The van der Waals surface area contributed by atoms with Gasteiger partial charge in [0.25, 0.3) is 0 Å². The van der Waals surface area contributed by atoms with Gasteiger partial charge in [0, 0.05) is 6.04 Å². The number of piperidine rings is 1. The summed E-state index contributed by atoms with van der Waals surface area (Å²) in [6, 6.07) is 1.98. The van der Waals surface area contributed by atoms with Gasteiger partial charge in [-0.05, 0) is 45.1 Å². The highest BCUT2D eigenvalue weighted by Gasteiger charge is 2.31. The lowest BCUT2D eigenvalue weighted by molar-refractivity contribution is -0.137. The molecule has 0 unspecified atom stereocenters. The number of nitrogens with zero attached hydrogens (tertiary/aromatic N) is 2. The minimum atomic E-state index is -4.41. The molecule has 1 N–H and O–H groups in total. The Balaban J connectivity index is 2.10. The van der Waals surface area contributed by atoms with Crippen LogP contribution >= 0.6 is 11.6 Å². The molecule has 1 aliphatic rings. The molecule has 0 spiro atoms. The second-order valence-electron chi connectivity index (χ2n) is 4.78. The maximum atomic E-state index is 12.7. The fourth-order valence-electron chi connectivity index (χ4n) is 2.10. The van der Waals surface area contributed by atoms with Crippen LogP contribution in [0.2, 0.25) is 5.15 Å². The molecule has 0 bridgehead atoms. The number of aromatic nitrogens is 1. The molecule has 0 radical (unpaired) electrons. The Kier molecular flexibility index (Phi) is 4.20. The van der Waals surface area contributed by atoms with Crippen LogP contribution in [0.1, 0.15) is 18.4 Å². The van der Waals surface area contributed by atoms with Crippen molar-refractivity contribution in [3.8, 4) is 0 Å². The van der Waals surface area contributed by atoms with E-state index in [1.807, 2.05) is 7.05 Å². The number of hydrogen-bond acceptors (Lipinski definition) is 3. The monoisotopic (exact) mass is 293 g/mol. The largest absolute Gasteiger partial charge is 0.416 e. The first kappa shape index (κ1) is 14.4. The molecule has 0 saturated carbocycles. The number of anilines is 1. The van der Waals surface area contributed by atoms with Gasteiger partial charge in [0.05, 0.1) is 5.56 Å². The van der Waals surface area contributed by atoms with Gasteiger partial charge in [0.1, 0.15) is 11.0 Å². The van der Waals surface area contributed by atoms with E-state index in [-0.39, 0.29) is 17.0 Å². The first-order valence-electron chi connectivity index (χ1n) is 6.04. The summed E-state index contributed by atoms with van der Waals surface area (Å²) >= 11 is 5.64. The third-order valence-electron chi connectivity index (χ3n) is 3.19. The minimum Gasteiger partial charge on any atom is -0.367 e. The molecule has 1 aromatic rings. The molecule has 0 amide bonds. The molecule has 0 aromatic carbocycles. The summed E-state index contributed by atoms with van der Waals surface area (Å²) in [5, 5.41) is 2.88. The Labute approximate surface area is 114 Å². The summed E-state index contributed by atoms with van der Waals surface area (Å²) in [5.74, 6) is 0.189. The van der Waals surface area contributed by atoms with Crippen LogP contribution in [0.4, 0.5) is 19.0 Å². The molecule has 1 saturated heterocycles. The van der Waals surface area contributed by atoms with E-state index >= 15 is 0 Å². The van der Waals surface area contributed by atoms with Crippen molar-refractivity contribution in [2.24, 2.45) is 0 Å². The molecule has 0 aliphatic carbocycles. The van der Waals surface area contributed by atoms with Crippen LogP contribution in [0.15, 0.2) is 12.1 Å². The summed E-state index contributed by atoms with van der Waals surface area (Å²) in [7, 11) is 2.02. The Morgan fingerprint density at radius 2 is 1.95 bits per heavy atom. The third kappa shape index (κ3) is 3.98. The van der Waals surface area contributed by atoms with Crippen molar-refractivity contribution in [2.45, 2.75) is 25.1 Å². The number of halogens is 4. The number of hydrogen-bond donors (Lipinski definition) is 1. The van der Waals surface area contributed by atoms with Gasteiger partial charge in [-0.25, -0.2) is 4.98 Å². The highest BCUT2D eigenvalue weighted by Crippen LogP contribution is 2.32. The van der Waals surface area contributed by atoms with E-state index in [0.29, 0.717) is 0 Å². The Hall–Kier alpha value is -1.01. The van der Waals surface area contributed by atoms with Gasteiger partial charge in [-0.2, -0.15) is 13.2 Å². The van der Waals surface area contributed by atoms with E-state index in [1.165, 1.54) is 0 Å². The lowest BCUT2D eigenvalue weighted by Gasteiger charge is -2.29. The van der Waals surface area contributed by atoms with Crippen molar-refractivity contribution < 1.29 is 13.2 Å². The molecule has 2 heterocycles. The van der Waals surface area contributed by atoms with Gasteiger partial charge in [0.15, 0.2) is 0 Å².